The maximum Gasteiger partial charge on any atom is 0.159 e. The van der Waals surface area contributed by atoms with Gasteiger partial charge in [0, 0.05) is 18.8 Å². The van der Waals surface area contributed by atoms with Gasteiger partial charge in [-0.25, -0.2) is 9.97 Å². The van der Waals surface area contributed by atoms with E-state index in [4.69, 9.17) is 14.2 Å². The predicted octanol–water partition coefficient (Wildman–Crippen LogP) is 6.24. The molecule has 0 unspecified atom stereocenters. The monoisotopic (exact) mass is 412 g/mol. The van der Waals surface area contributed by atoms with Crippen LogP contribution in [-0.2, 0) is 4.74 Å². The third-order valence-electron chi connectivity index (χ3n) is 4.57. The van der Waals surface area contributed by atoms with Crippen LogP contribution in [-0.4, -0.2) is 36.4 Å². The van der Waals surface area contributed by atoms with Gasteiger partial charge in [-0.05, 0) is 49.9 Å². The van der Waals surface area contributed by atoms with Crippen LogP contribution < -0.4 is 9.47 Å². The molecule has 30 heavy (non-hydrogen) atoms. The molecule has 2 rings (SSSR count). The summed E-state index contributed by atoms with van der Waals surface area (Å²) in [6.07, 6.45) is 15.5. The highest BCUT2D eigenvalue weighted by molar-refractivity contribution is 5.56. The first kappa shape index (κ1) is 23.9. The average molecular weight is 413 g/mol. The molecule has 0 atom stereocenters. The average Bonchev–Trinajstić information content (AvgIpc) is 2.79. The van der Waals surface area contributed by atoms with Crippen molar-refractivity contribution in [1.82, 2.24) is 9.97 Å². The largest absolute Gasteiger partial charge is 0.494 e. The Morgan fingerprint density at radius 3 is 2.17 bits per heavy atom. The summed E-state index contributed by atoms with van der Waals surface area (Å²) in [4.78, 5) is 8.82. The van der Waals surface area contributed by atoms with Crippen LogP contribution in [0.25, 0.3) is 11.4 Å². The fourth-order valence-electron chi connectivity index (χ4n) is 2.74. The van der Waals surface area contributed by atoms with Crippen LogP contribution >= 0.6 is 0 Å². The van der Waals surface area contributed by atoms with Crippen molar-refractivity contribution in [3.8, 4) is 22.9 Å². The molecule has 1 aromatic carbocycles. The van der Waals surface area contributed by atoms with Crippen molar-refractivity contribution in [2.75, 3.05) is 26.4 Å². The van der Waals surface area contributed by atoms with Crippen LogP contribution in [0.2, 0.25) is 0 Å². The van der Waals surface area contributed by atoms with E-state index in [9.17, 15) is 0 Å². The van der Waals surface area contributed by atoms with Gasteiger partial charge in [0.15, 0.2) is 11.6 Å². The minimum Gasteiger partial charge on any atom is -0.494 e. The second-order valence-corrected chi connectivity index (χ2v) is 7.21. The van der Waals surface area contributed by atoms with Crippen LogP contribution in [0.4, 0.5) is 0 Å². The second kappa shape index (κ2) is 15.4. The summed E-state index contributed by atoms with van der Waals surface area (Å²) in [6.45, 7) is 7.29. The minimum atomic E-state index is 0.545. The van der Waals surface area contributed by atoms with Gasteiger partial charge in [-0.15, -0.1) is 0 Å². The highest BCUT2D eigenvalue weighted by atomic mass is 16.5. The molecule has 0 bridgehead atoms. The lowest BCUT2D eigenvalue weighted by molar-refractivity contribution is 0.123. The maximum absolute atomic E-state index is 5.80. The van der Waals surface area contributed by atoms with E-state index in [0.717, 1.165) is 50.2 Å². The molecule has 2 aromatic rings. The molecule has 0 aliphatic carbocycles. The van der Waals surface area contributed by atoms with Crippen LogP contribution in [0.15, 0.2) is 48.8 Å². The molecule has 5 nitrogen and oxygen atoms in total. The number of ether oxygens (including phenoxy) is 3. The standard InChI is InChI=1S/C25H36N2O3/c1-3-5-7-8-9-18-30-24-20-26-25(27-21-24)22-12-14-23(15-13-22)29-19-11-10-17-28-16-6-4-2/h8-9,12-15,20-21H,3-7,10-11,16-19H2,1-2H3/b9-8+. The van der Waals surface area contributed by atoms with Crippen molar-refractivity contribution in [1.29, 1.82) is 0 Å². The Morgan fingerprint density at radius 1 is 0.733 bits per heavy atom. The highest BCUT2D eigenvalue weighted by Gasteiger charge is 2.03. The predicted molar refractivity (Wildman–Crippen MR) is 122 cm³/mol. The Hall–Kier alpha value is -2.40. The molecular formula is C25H36N2O3. The molecule has 1 aromatic heterocycles. The van der Waals surface area contributed by atoms with Gasteiger partial charge in [-0.1, -0.05) is 45.3 Å². The summed E-state index contributed by atoms with van der Waals surface area (Å²) >= 11 is 0. The van der Waals surface area contributed by atoms with Gasteiger partial charge in [0.2, 0.25) is 0 Å². The first-order chi connectivity index (χ1) is 14.8. The Labute approximate surface area is 181 Å². The van der Waals surface area contributed by atoms with E-state index in [0.29, 0.717) is 24.8 Å². The molecule has 0 aliphatic heterocycles. The van der Waals surface area contributed by atoms with Crippen molar-refractivity contribution in [2.45, 2.75) is 58.8 Å². The van der Waals surface area contributed by atoms with Gasteiger partial charge < -0.3 is 14.2 Å². The number of benzene rings is 1. The van der Waals surface area contributed by atoms with Crippen molar-refractivity contribution >= 4 is 0 Å². The Balaban J connectivity index is 1.68. The van der Waals surface area contributed by atoms with Gasteiger partial charge in [0.25, 0.3) is 0 Å². The van der Waals surface area contributed by atoms with Gasteiger partial charge in [0.05, 0.1) is 19.0 Å². The molecular weight excluding hydrogens is 376 g/mol. The Morgan fingerprint density at radius 2 is 1.43 bits per heavy atom. The zero-order valence-corrected chi connectivity index (χ0v) is 18.5. The number of nitrogens with zero attached hydrogens (tertiary/aromatic N) is 2. The summed E-state index contributed by atoms with van der Waals surface area (Å²) in [6, 6.07) is 7.88. The topological polar surface area (TPSA) is 53.5 Å². The molecule has 164 valence electrons. The maximum atomic E-state index is 5.80. The summed E-state index contributed by atoms with van der Waals surface area (Å²) in [5.74, 6) is 2.22. The number of hydrogen-bond acceptors (Lipinski definition) is 5. The number of aromatic nitrogens is 2. The zero-order valence-electron chi connectivity index (χ0n) is 18.5. The second-order valence-electron chi connectivity index (χ2n) is 7.21. The van der Waals surface area contributed by atoms with E-state index in [1.165, 1.54) is 19.3 Å². The fourth-order valence-corrected chi connectivity index (χ4v) is 2.74. The molecule has 0 radical (unpaired) electrons. The van der Waals surface area contributed by atoms with Crippen molar-refractivity contribution in [3.05, 3.63) is 48.8 Å². The summed E-state index contributed by atoms with van der Waals surface area (Å²) in [5, 5.41) is 0. The van der Waals surface area contributed by atoms with E-state index in [1.54, 1.807) is 12.4 Å². The normalized spacial score (nSPS) is 11.1. The third-order valence-corrected chi connectivity index (χ3v) is 4.57. The summed E-state index contributed by atoms with van der Waals surface area (Å²) in [7, 11) is 0. The van der Waals surface area contributed by atoms with Crippen molar-refractivity contribution in [3.63, 3.8) is 0 Å². The lowest BCUT2D eigenvalue weighted by Gasteiger charge is -2.08. The van der Waals surface area contributed by atoms with Crippen LogP contribution in [0.3, 0.4) is 0 Å². The lowest BCUT2D eigenvalue weighted by atomic mass is 10.2. The van der Waals surface area contributed by atoms with Gasteiger partial charge >= 0.3 is 0 Å². The number of hydrogen-bond donors (Lipinski definition) is 0. The van der Waals surface area contributed by atoms with Crippen molar-refractivity contribution < 1.29 is 14.2 Å². The smallest absolute Gasteiger partial charge is 0.159 e. The van der Waals surface area contributed by atoms with E-state index >= 15 is 0 Å². The summed E-state index contributed by atoms with van der Waals surface area (Å²) < 4.78 is 17.0. The molecule has 5 heteroatoms. The molecule has 0 N–H and O–H groups in total. The molecule has 0 fully saturated rings. The Bertz CT molecular complexity index is 699. The van der Waals surface area contributed by atoms with E-state index in [-0.39, 0.29) is 0 Å². The quantitative estimate of drug-likeness (QED) is 0.241. The van der Waals surface area contributed by atoms with E-state index in [1.807, 2.05) is 30.3 Å². The fraction of sp³-hybridized carbons (Fsp3) is 0.520. The van der Waals surface area contributed by atoms with Crippen molar-refractivity contribution in [2.24, 2.45) is 0 Å². The number of unbranched alkanes of at least 4 members (excludes halogenated alkanes) is 4. The van der Waals surface area contributed by atoms with Crippen LogP contribution in [0.1, 0.15) is 58.8 Å². The Kier molecular flexibility index (Phi) is 12.3. The SMILES string of the molecule is CCCC/C=C/COc1cnc(-c2ccc(OCCCCOCCCC)cc2)nc1. The first-order valence-corrected chi connectivity index (χ1v) is 11.2. The van der Waals surface area contributed by atoms with Gasteiger partial charge in [-0.2, -0.15) is 0 Å². The first-order valence-electron chi connectivity index (χ1n) is 11.2. The van der Waals surface area contributed by atoms with Crippen LogP contribution in [0.5, 0.6) is 11.5 Å². The van der Waals surface area contributed by atoms with Gasteiger partial charge in [-0.3, -0.25) is 0 Å². The highest BCUT2D eigenvalue weighted by Crippen LogP contribution is 2.20. The number of rotatable bonds is 16. The van der Waals surface area contributed by atoms with Gasteiger partial charge in [0.1, 0.15) is 12.4 Å². The zero-order chi connectivity index (χ0) is 21.3. The van der Waals surface area contributed by atoms with E-state index in [2.05, 4.69) is 29.9 Å². The number of allylic oxidation sites excluding steroid dienone is 1. The molecule has 0 amide bonds. The molecule has 1 heterocycles. The molecule has 0 spiro atoms. The van der Waals surface area contributed by atoms with E-state index < -0.39 is 0 Å². The van der Waals surface area contributed by atoms with Crippen LogP contribution in [0, 0.1) is 0 Å². The molecule has 0 aliphatic rings. The minimum absolute atomic E-state index is 0.545. The lowest BCUT2D eigenvalue weighted by Crippen LogP contribution is -2.01. The third kappa shape index (κ3) is 9.88. The molecule has 0 saturated heterocycles. The molecule has 0 saturated carbocycles. The summed E-state index contributed by atoms with van der Waals surface area (Å²) in [5.41, 5.74) is 0.956.